The minimum Gasteiger partial charge on any atom is -0.392 e. The van der Waals surface area contributed by atoms with Crippen molar-refractivity contribution in [3.05, 3.63) is 54.1 Å². The lowest BCUT2D eigenvalue weighted by atomic mass is 9.83. The predicted molar refractivity (Wildman–Crippen MR) is 197 cm³/mol. The number of urea groups is 1. The van der Waals surface area contributed by atoms with Crippen LogP contribution in [-0.2, 0) is 32.5 Å². The third kappa shape index (κ3) is 13.8. The lowest BCUT2D eigenvalue weighted by Gasteiger charge is -2.33. The molecule has 0 spiro atoms. The quantitative estimate of drug-likeness (QED) is 0.103. The van der Waals surface area contributed by atoms with Crippen LogP contribution in [0.2, 0.25) is 0 Å². The minimum atomic E-state index is -3.56. The summed E-state index contributed by atoms with van der Waals surface area (Å²) in [5.41, 5.74) is 7.45. The Labute approximate surface area is 307 Å². The number of hydrogen-bond acceptors (Lipinski definition) is 9. The number of piperidine rings is 1. The van der Waals surface area contributed by atoms with Crippen molar-refractivity contribution < 1.29 is 33.0 Å². The first-order chi connectivity index (χ1) is 24.9. The van der Waals surface area contributed by atoms with Crippen molar-refractivity contribution in [3.8, 4) is 0 Å². The normalized spacial score (nSPS) is 18.9. The number of carbonyl (C=O) groups excluding carboxylic acids is 3. The smallest absolute Gasteiger partial charge is 0.318 e. The summed E-state index contributed by atoms with van der Waals surface area (Å²) in [5.74, 6) is -0.931. The highest BCUT2D eigenvalue weighted by atomic mass is 32.2. The van der Waals surface area contributed by atoms with Gasteiger partial charge in [0.15, 0.2) is 0 Å². The van der Waals surface area contributed by atoms with Crippen molar-refractivity contribution in [2.45, 2.75) is 120 Å². The molecule has 52 heavy (non-hydrogen) atoms. The second-order valence-corrected chi connectivity index (χ2v) is 16.3. The topological polar surface area (TPSA) is 232 Å². The first kappa shape index (κ1) is 41.2. The van der Waals surface area contributed by atoms with Crippen LogP contribution < -0.4 is 26.4 Å². The molecule has 1 saturated carbocycles. The highest BCUT2D eigenvalue weighted by molar-refractivity contribution is 7.89. The summed E-state index contributed by atoms with van der Waals surface area (Å²) in [6, 6.07) is 6.04. The Kier molecular flexibility index (Phi) is 16.3. The van der Waals surface area contributed by atoms with E-state index in [1.807, 2.05) is 30.3 Å². The maximum atomic E-state index is 14.1. The molecule has 1 aliphatic carbocycles. The zero-order chi connectivity index (χ0) is 37.5. The van der Waals surface area contributed by atoms with E-state index in [-0.39, 0.29) is 49.6 Å². The molecule has 0 bridgehead atoms. The van der Waals surface area contributed by atoms with Gasteiger partial charge in [-0.1, -0.05) is 69.4 Å². The number of nitrogens with one attached hydrogen (secondary N) is 5. The Morgan fingerprint density at radius 1 is 0.962 bits per heavy atom. The van der Waals surface area contributed by atoms with E-state index in [2.05, 4.69) is 30.6 Å². The number of imidazole rings is 1. The molecule has 1 aliphatic heterocycles. The number of aliphatic hydroxyl groups excluding tert-OH is 2. The van der Waals surface area contributed by atoms with E-state index in [4.69, 9.17) is 5.73 Å². The number of hydrogen-bond donors (Lipinski definition) is 8. The van der Waals surface area contributed by atoms with Gasteiger partial charge in [-0.3, -0.25) is 9.59 Å². The molecule has 2 fully saturated rings. The van der Waals surface area contributed by atoms with Crippen LogP contribution in [0.15, 0.2) is 42.9 Å². The molecular weight excluding hydrogens is 689 g/mol. The fourth-order valence-electron chi connectivity index (χ4n) is 6.97. The molecule has 2 aliphatic rings. The number of nitrogens with two attached hydrogens (primary N) is 1. The fourth-order valence-corrected chi connectivity index (χ4v) is 8.10. The van der Waals surface area contributed by atoms with Gasteiger partial charge >= 0.3 is 6.03 Å². The van der Waals surface area contributed by atoms with Crippen molar-refractivity contribution >= 4 is 27.9 Å². The SMILES string of the molecule is CCCS(=O)(=O)NC[C@@H](O)C[C@H](O)[C@H](CC1CCCCC1)NC(=O)[C@H](Cc1cnc[nH]1)NC(=O)[C@H](Cc1ccccc1)NC(=O)N1CCC(N)CC1. The van der Waals surface area contributed by atoms with Crippen LogP contribution in [0.3, 0.4) is 0 Å². The van der Waals surface area contributed by atoms with Gasteiger partial charge in [0, 0.05) is 56.8 Å². The van der Waals surface area contributed by atoms with Crippen molar-refractivity contribution in [1.82, 2.24) is 35.5 Å². The number of aromatic nitrogens is 2. The highest BCUT2D eigenvalue weighted by Gasteiger charge is 2.33. The molecule has 9 N–H and O–H groups in total. The van der Waals surface area contributed by atoms with Gasteiger partial charge in [0.1, 0.15) is 12.1 Å². The summed E-state index contributed by atoms with van der Waals surface area (Å²) in [6.45, 7) is 2.43. The molecule has 1 aromatic carbocycles. The summed E-state index contributed by atoms with van der Waals surface area (Å²) in [4.78, 5) is 50.2. The molecule has 4 rings (SSSR count). The van der Waals surface area contributed by atoms with Crippen molar-refractivity contribution in [2.24, 2.45) is 11.7 Å². The Morgan fingerprint density at radius 3 is 2.29 bits per heavy atom. The first-order valence-electron chi connectivity index (χ1n) is 18.7. The molecule has 15 nitrogen and oxygen atoms in total. The molecule has 2 aromatic rings. The molecule has 16 heteroatoms. The third-order valence-corrected chi connectivity index (χ3v) is 11.5. The van der Waals surface area contributed by atoms with Crippen molar-refractivity contribution in [2.75, 3.05) is 25.4 Å². The summed E-state index contributed by atoms with van der Waals surface area (Å²) in [5, 5.41) is 30.8. The third-order valence-electron chi connectivity index (χ3n) is 9.96. The van der Waals surface area contributed by atoms with Gasteiger partial charge in [0.05, 0.1) is 30.3 Å². The van der Waals surface area contributed by atoms with E-state index < -0.39 is 52.2 Å². The number of likely N-dealkylation sites (tertiary alicyclic amines) is 1. The van der Waals surface area contributed by atoms with Gasteiger partial charge in [-0.25, -0.2) is 22.9 Å². The Morgan fingerprint density at radius 2 is 1.63 bits per heavy atom. The van der Waals surface area contributed by atoms with E-state index in [9.17, 15) is 33.0 Å². The zero-order valence-electron chi connectivity index (χ0n) is 30.2. The standard InChI is InChI=1S/C36H58N8O7S/c1-2-17-52(50,51)40-23-29(45)21-33(46)30(18-25-9-5-3-6-10-25)41-35(48)32(20-28-22-38-24-39-28)42-34(47)31(19-26-11-7-4-8-12-26)43-36(49)44-15-13-27(37)14-16-44/h4,7-8,11-12,22,24-25,27,29-33,40,45-46H,2-3,5-6,9-10,13-21,23,37H2,1H3,(H,38,39)(H,41,48)(H,42,47)(H,43,49)/t29-,30-,31-,32-,33-/m0/s1. The second-order valence-electron chi connectivity index (χ2n) is 14.3. The number of aromatic amines is 1. The van der Waals surface area contributed by atoms with Crippen LogP contribution in [0.1, 0.15) is 82.4 Å². The largest absolute Gasteiger partial charge is 0.392 e. The summed E-state index contributed by atoms with van der Waals surface area (Å²) >= 11 is 0. The molecule has 0 unspecified atom stereocenters. The lowest BCUT2D eigenvalue weighted by molar-refractivity contribution is -0.131. The number of sulfonamides is 1. The Balaban J connectivity index is 1.51. The molecule has 0 radical (unpaired) electrons. The van der Waals surface area contributed by atoms with Gasteiger partial charge in [0.2, 0.25) is 21.8 Å². The average molecular weight is 747 g/mol. The van der Waals surface area contributed by atoms with Gasteiger partial charge in [-0.2, -0.15) is 0 Å². The number of benzene rings is 1. The van der Waals surface area contributed by atoms with Gasteiger partial charge in [0.25, 0.3) is 0 Å². The monoisotopic (exact) mass is 746 g/mol. The predicted octanol–water partition coefficient (Wildman–Crippen LogP) is 1.08. The van der Waals surface area contributed by atoms with Crippen LogP contribution in [0.25, 0.3) is 0 Å². The number of amides is 4. The summed E-state index contributed by atoms with van der Waals surface area (Å²) in [7, 11) is -3.56. The van der Waals surface area contributed by atoms with Crippen LogP contribution >= 0.6 is 0 Å². The van der Waals surface area contributed by atoms with Crippen LogP contribution in [0.5, 0.6) is 0 Å². The van der Waals surface area contributed by atoms with Crippen LogP contribution in [-0.4, -0.2) is 113 Å². The summed E-state index contributed by atoms with van der Waals surface area (Å²) in [6.07, 6.45) is 8.01. The molecule has 1 aromatic heterocycles. The highest BCUT2D eigenvalue weighted by Crippen LogP contribution is 2.28. The molecule has 2 heterocycles. The van der Waals surface area contributed by atoms with Gasteiger partial charge < -0.3 is 41.8 Å². The number of carbonyl (C=O) groups is 3. The minimum absolute atomic E-state index is 0.0246. The molecule has 5 atom stereocenters. The molecule has 1 saturated heterocycles. The Hall–Kier alpha value is -3.57. The van der Waals surface area contributed by atoms with E-state index >= 15 is 0 Å². The van der Waals surface area contributed by atoms with Crippen LogP contribution in [0, 0.1) is 5.92 Å². The zero-order valence-corrected chi connectivity index (χ0v) is 31.0. The second kappa shape index (κ2) is 20.6. The van der Waals surface area contributed by atoms with E-state index in [0.717, 1.165) is 37.7 Å². The van der Waals surface area contributed by atoms with Gasteiger partial charge in [-0.15, -0.1) is 0 Å². The first-order valence-corrected chi connectivity index (χ1v) is 20.3. The lowest BCUT2D eigenvalue weighted by Crippen LogP contribution is -2.59. The maximum Gasteiger partial charge on any atom is 0.318 e. The van der Waals surface area contributed by atoms with E-state index in [0.29, 0.717) is 44.5 Å². The fraction of sp³-hybridized carbons (Fsp3) is 0.667. The number of H-pyrrole nitrogens is 1. The number of rotatable bonds is 19. The average Bonchev–Trinajstić information content (AvgIpc) is 3.64. The molecule has 290 valence electrons. The van der Waals surface area contributed by atoms with Crippen LogP contribution in [0.4, 0.5) is 4.79 Å². The van der Waals surface area contributed by atoms with Crippen molar-refractivity contribution in [3.63, 3.8) is 0 Å². The molecule has 4 amide bonds. The number of aliphatic hydroxyl groups is 2. The molecular formula is C36H58N8O7S. The number of nitrogens with zero attached hydrogens (tertiary/aromatic N) is 2. The maximum absolute atomic E-state index is 14.1. The van der Waals surface area contributed by atoms with E-state index in [1.165, 1.54) is 6.33 Å². The summed E-state index contributed by atoms with van der Waals surface area (Å²) < 4.78 is 26.7. The van der Waals surface area contributed by atoms with E-state index in [1.54, 1.807) is 18.0 Å². The Bertz CT molecular complexity index is 1480. The van der Waals surface area contributed by atoms with Gasteiger partial charge in [-0.05, 0) is 37.2 Å². The van der Waals surface area contributed by atoms with Crippen molar-refractivity contribution in [1.29, 1.82) is 0 Å².